The molecule has 2 rings (SSSR count). The fourth-order valence-electron chi connectivity index (χ4n) is 3.02. The number of benzene rings is 1. The van der Waals surface area contributed by atoms with Crippen molar-refractivity contribution in [2.75, 3.05) is 13.2 Å². The van der Waals surface area contributed by atoms with Gasteiger partial charge in [-0.2, -0.15) is 0 Å². The van der Waals surface area contributed by atoms with Gasteiger partial charge in [0.1, 0.15) is 0 Å². The number of nitrogens with zero attached hydrogens (tertiary/aromatic N) is 2. The number of aliphatic hydroxyl groups is 2. The van der Waals surface area contributed by atoms with Crippen LogP contribution in [0.2, 0.25) is 0 Å². The number of nitro benzene ring substituents is 1. The number of Topliss-reactive ketones (excluding diaryl/α,β-unsaturated/α-hetero) is 1. The van der Waals surface area contributed by atoms with Crippen molar-refractivity contribution < 1.29 is 24.7 Å². The predicted molar refractivity (Wildman–Crippen MR) is 93.4 cm³/mol. The summed E-state index contributed by atoms with van der Waals surface area (Å²) in [5.74, 6) is -1.55. The number of nitro groups is 1. The van der Waals surface area contributed by atoms with Crippen molar-refractivity contribution in [3.63, 3.8) is 0 Å². The van der Waals surface area contributed by atoms with Crippen LogP contribution in [0.3, 0.4) is 0 Å². The highest BCUT2D eigenvalue weighted by Gasteiger charge is 2.43. The van der Waals surface area contributed by atoms with Crippen molar-refractivity contribution in [2.24, 2.45) is 5.92 Å². The summed E-state index contributed by atoms with van der Waals surface area (Å²) < 4.78 is 0. The van der Waals surface area contributed by atoms with Crippen LogP contribution >= 0.6 is 0 Å². The third kappa shape index (κ3) is 3.91. The highest BCUT2D eigenvalue weighted by atomic mass is 16.6. The molecule has 8 heteroatoms. The van der Waals surface area contributed by atoms with Gasteiger partial charge >= 0.3 is 0 Å². The first-order valence-electron chi connectivity index (χ1n) is 8.40. The molecule has 140 valence electrons. The van der Waals surface area contributed by atoms with E-state index in [1.807, 2.05) is 13.8 Å². The molecule has 0 spiro atoms. The molecule has 1 amide bonds. The highest BCUT2D eigenvalue weighted by molar-refractivity contribution is 6.09. The Morgan fingerprint density at radius 1 is 1.31 bits per heavy atom. The summed E-state index contributed by atoms with van der Waals surface area (Å²) in [7, 11) is 0. The Labute approximate surface area is 150 Å². The molecule has 0 aliphatic carbocycles. The normalized spacial score (nSPS) is 17.3. The van der Waals surface area contributed by atoms with Gasteiger partial charge in [-0.3, -0.25) is 19.7 Å². The molecule has 1 unspecified atom stereocenters. The molecule has 1 aromatic carbocycles. The summed E-state index contributed by atoms with van der Waals surface area (Å²) in [4.78, 5) is 36.7. The van der Waals surface area contributed by atoms with Crippen molar-refractivity contribution in [1.29, 1.82) is 0 Å². The lowest BCUT2D eigenvalue weighted by Crippen LogP contribution is -2.32. The van der Waals surface area contributed by atoms with Gasteiger partial charge in [-0.25, -0.2) is 0 Å². The maximum atomic E-state index is 12.6. The minimum atomic E-state index is -0.818. The van der Waals surface area contributed by atoms with E-state index in [4.69, 9.17) is 5.11 Å². The minimum absolute atomic E-state index is 0.00972. The zero-order chi connectivity index (χ0) is 19.4. The van der Waals surface area contributed by atoms with Crippen molar-refractivity contribution in [3.05, 3.63) is 51.3 Å². The van der Waals surface area contributed by atoms with E-state index in [2.05, 4.69) is 0 Å². The molecule has 26 heavy (non-hydrogen) atoms. The zero-order valence-corrected chi connectivity index (χ0v) is 14.7. The van der Waals surface area contributed by atoms with Crippen LogP contribution in [0.15, 0.2) is 35.6 Å². The van der Waals surface area contributed by atoms with Crippen LogP contribution in [0.1, 0.15) is 38.3 Å². The smallest absolute Gasteiger partial charge is 0.290 e. The number of carbonyl (C=O) groups excluding carboxylic acids is 2. The molecular weight excluding hydrogens is 340 g/mol. The Bertz CT molecular complexity index is 739. The molecule has 1 aliphatic rings. The number of rotatable bonds is 8. The van der Waals surface area contributed by atoms with Crippen molar-refractivity contribution >= 4 is 17.4 Å². The van der Waals surface area contributed by atoms with Gasteiger partial charge < -0.3 is 15.1 Å². The standard InChI is InChI=1S/C18H22N2O6/c1-11(2)10-14(22)15-16(12-4-6-13(7-5-12)20(25)26)19(8-3-9-21)18(24)17(15)23/h4-7,11,16,21,23H,3,8-10H2,1-2H3. The number of hydrogen-bond donors (Lipinski definition) is 2. The third-order valence-electron chi connectivity index (χ3n) is 4.17. The average Bonchev–Trinajstić information content (AvgIpc) is 2.84. The van der Waals surface area contributed by atoms with Crippen LogP contribution in [0.5, 0.6) is 0 Å². The average molecular weight is 362 g/mol. The monoisotopic (exact) mass is 362 g/mol. The maximum Gasteiger partial charge on any atom is 0.290 e. The summed E-state index contributed by atoms with van der Waals surface area (Å²) in [5.41, 5.74) is 0.400. The van der Waals surface area contributed by atoms with E-state index >= 15 is 0 Å². The summed E-state index contributed by atoms with van der Waals surface area (Å²) in [6.07, 6.45) is 0.456. The van der Waals surface area contributed by atoms with Crippen molar-refractivity contribution in [3.8, 4) is 0 Å². The molecule has 0 fully saturated rings. The van der Waals surface area contributed by atoms with Crippen LogP contribution in [-0.2, 0) is 9.59 Å². The minimum Gasteiger partial charge on any atom is -0.503 e. The first-order chi connectivity index (χ1) is 12.3. The summed E-state index contributed by atoms with van der Waals surface area (Å²) in [6.45, 7) is 3.72. The van der Waals surface area contributed by atoms with Gasteiger partial charge in [0.2, 0.25) is 0 Å². The van der Waals surface area contributed by atoms with E-state index in [9.17, 15) is 24.8 Å². The Morgan fingerprint density at radius 2 is 1.92 bits per heavy atom. The molecule has 0 saturated heterocycles. The van der Waals surface area contributed by atoms with Gasteiger partial charge in [-0.05, 0) is 30.0 Å². The summed E-state index contributed by atoms with van der Waals surface area (Å²) >= 11 is 0. The first kappa shape index (κ1) is 19.6. The highest BCUT2D eigenvalue weighted by Crippen LogP contribution is 2.39. The summed E-state index contributed by atoms with van der Waals surface area (Å²) in [6, 6.07) is 4.72. The fraction of sp³-hybridized carbons (Fsp3) is 0.444. The second-order valence-electron chi connectivity index (χ2n) is 6.61. The van der Waals surface area contributed by atoms with Crippen LogP contribution in [0.25, 0.3) is 0 Å². The van der Waals surface area contributed by atoms with Gasteiger partial charge in [-0.1, -0.05) is 13.8 Å². The number of non-ortho nitro benzene ring substituents is 1. The van der Waals surface area contributed by atoms with Gasteiger partial charge in [0.25, 0.3) is 11.6 Å². The Morgan fingerprint density at radius 3 is 2.42 bits per heavy atom. The van der Waals surface area contributed by atoms with E-state index in [1.165, 1.54) is 29.2 Å². The van der Waals surface area contributed by atoms with Crippen molar-refractivity contribution in [1.82, 2.24) is 4.90 Å². The van der Waals surface area contributed by atoms with Gasteiger partial charge in [-0.15, -0.1) is 0 Å². The molecule has 0 radical (unpaired) electrons. The molecule has 0 aromatic heterocycles. The molecule has 8 nitrogen and oxygen atoms in total. The molecule has 0 saturated carbocycles. The molecule has 1 atom stereocenters. The van der Waals surface area contributed by atoms with Crippen LogP contribution in [-0.4, -0.2) is 44.9 Å². The van der Waals surface area contributed by atoms with Gasteiger partial charge in [0, 0.05) is 31.7 Å². The first-order valence-corrected chi connectivity index (χ1v) is 8.40. The molecule has 1 aliphatic heterocycles. The number of ketones is 1. The van der Waals surface area contributed by atoms with Crippen LogP contribution in [0.4, 0.5) is 5.69 Å². The van der Waals surface area contributed by atoms with E-state index in [-0.39, 0.29) is 49.0 Å². The lowest BCUT2D eigenvalue weighted by Gasteiger charge is -2.26. The lowest BCUT2D eigenvalue weighted by molar-refractivity contribution is -0.384. The van der Waals surface area contributed by atoms with E-state index in [0.29, 0.717) is 5.56 Å². The molecular formula is C18H22N2O6. The number of amides is 1. The van der Waals surface area contributed by atoms with E-state index in [0.717, 1.165) is 0 Å². The molecule has 0 bridgehead atoms. The van der Waals surface area contributed by atoms with E-state index in [1.54, 1.807) is 0 Å². The molecule has 2 N–H and O–H groups in total. The zero-order valence-electron chi connectivity index (χ0n) is 14.7. The van der Waals surface area contributed by atoms with Crippen LogP contribution < -0.4 is 0 Å². The second kappa shape index (κ2) is 8.09. The Kier molecular flexibility index (Phi) is 6.10. The number of hydrogen-bond acceptors (Lipinski definition) is 6. The van der Waals surface area contributed by atoms with Gasteiger partial charge in [0.05, 0.1) is 16.5 Å². The maximum absolute atomic E-state index is 12.6. The van der Waals surface area contributed by atoms with Crippen molar-refractivity contribution in [2.45, 2.75) is 32.7 Å². The Hall–Kier alpha value is -2.74. The fourth-order valence-corrected chi connectivity index (χ4v) is 3.02. The lowest BCUT2D eigenvalue weighted by atomic mass is 9.92. The predicted octanol–water partition coefficient (Wildman–Crippen LogP) is 2.29. The van der Waals surface area contributed by atoms with E-state index < -0.39 is 22.6 Å². The van der Waals surface area contributed by atoms with Gasteiger partial charge in [0.15, 0.2) is 11.5 Å². The third-order valence-corrected chi connectivity index (χ3v) is 4.17. The Balaban J connectivity index is 2.47. The second-order valence-corrected chi connectivity index (χ2v) is 6.61. The van der Waals surface area contributed by atoms with Crippen LogP contribution in [0, 0.1) is 16.0 Å². The quantitative estimate of drug-likeness (QED) is 0.540. The molecule has 1 aromatic rings. The molecule has 1 heterocycles. The number of aliphatic hydroxyl groups excluding tert-OH is 2. The number of carbonyl (C=O) groups is 2. The summed E-state index contributed by atoms with van der Waals surface area (Å²) in [5, 5.41) is 30.2. The SMILES string of the molecule is CC(C)CC(=O)C1=C(O)C(=O)N(CCCO)C1c1ccc([N+](=O)[O-])cc1. The topological polar surface area (TPSA) is 121 Å². The largest absolute Gasteiger partial charge is 0.503 e.